The number of hydrogen-bond acceptors (Lipinski definition) is 3. The van der Waals surface area contributed by atoms with Gasteiger partial charge in [-0.2, -0.15) is 0 Å². The maximum atomic E-state index is 11.5. The normalized spacial score (nSPS) is 11.4. The summed E-state index contributed by atoms with van der Waals surface area (Å²) in [6.07, 6.45) is 0. The van der Waals surface area contributed by atoms with Crippen molar-refractivity contribution in [2.24, 2.45) is 0 Å². The molecule has 0 radical (unpaired) electrons. The van der Waals surface area contributed by atoms with E-state index in [9.17, 15) is 4.79 Å². The fraction of sp³-hybridized carbons (Fsp3) is 0.500. The Morgan fingerprint density at radius 3 is 2.58 bits per heavy atom. The second-order valence-electron chi connectivity index (χ2n) is 4.53. The highest BCUT2D eigenvalue weighted by molar-refractivity contribution is 5.85. The molecule has 0 bridgehead atoms. The van der Waals surface area contributed by atoms with Gasteiger partial charge >= 0.3 is 0 Å². The quantitative estimate of drug-likeness (QED) is 0.839. The molecule has 0 spiro atoms. The maximum Gasteiger partial charge on any atom is 0.257 e. The number of carbonyl (C=O) groups is 1. The number of amides is 1. The molecule has 0 aliphatic rings. The summed E-state index contributed by atoms with van der Waals surface area (Å²) in [5.41, 5.74) is 2.38. The smallest absolute Gasteiger partial charge is 0.257 e. The van der Waals surface area contributed by atoms with Crippen LogP contribution in [0.15, 0.2) is 18.2 Å². The molecule has 1 amide bonds. The molecule has 1 aromatic carbocycles. The number of carbonyl (C=O) groups excluding carboxylic acids is 1. The summed E-state index contributed by atoms with van der Waals surface area (Å²) in [7, 11) is 1.86. The molecule has 19 heavy (non-hydrogen) atoms. The third kappa shape index (κ3) is 6.45. The highest BCUT2D eigenvalue weighted by atomic mass is 35.5. The third-order valence-electron chi connectivity index (χ3n) is 2.95. The van der Waals surface area contributed by atoms with Gasteiger partial charge in [-0.3, -0.25) is 4.79 Å². The standard InChI is InChI=1S/C14H22N2O2.ClH/c1-10-5-6-13(7-11(10)2)18-9-14(17)16-8-12(3)15-4;/h5-7,12,15H,8-9H2,1-4H3,(H,16,17);1H. The van der Waals surface area contributed by atoms with Crippen molar-refractivity contribution in [1.29, 1.82) is 0 Å². The fourth-order valence-electron chi connectivity index (χ4n) is 1.37. The first-order valence-electron chi connectivity index (χ1n) is 6.17. The Bertz CT molecular complexity index is 410. The lowest BCUT2D eigenvalue weighted by atomic mass is 10.1. The Labute approximate surface area is 121 Å². The number of likely N-dealkylation sites (N-methyl/N-ethyl adjacent to an activating group) is 1. The Morgan fingerprint density at radius 1 is 1.32 bits per heavy atom. The van der Waals surface area contributed by atoms with Gasteiger partial charge < -0.3 is 15.4 Å². The summed E-state index contributed by atoms with van der Waals surface area (Å²) in [4.78, 5) is 11.5. The second kappa shape index (κ2) is 8.77. The molecule has 1 aromatic rings. The van der Waals surface area contributed by atoms with E-state index in [-0.39, 0.29) is 31.0 Å². The number of benzene rings is 1. The van der Waals surface area contributed by atoms with Crippen LogP contribution in [0.2, 0.25) is 0 Å². The van der Waals surface area contributed by atoms with Crippen LogP contribution < -0.4 is 15.4 Å². The zero-order valence-corrected chi connectivity index (χ0v) is 12.8. The predicted molar refractivity (Wildman–Crippen MR) is 80.2 cm³/mol. The number of nitrogens with one attached hydrogen (secondary N) is 2. The minimum absolute atomic E-state index is 0. The molecule has 0 heterocycles. The van der Waals surface area contributed by atoms with E-state index in [1.807, 2.05) is 46.0 Å². The lowest BCUT2D eigenvalue weighted by molar-refractivity contribution is -0.123. The Morgan fingerprint density at radius 2 is 2.00 bits per heavy atom. The van der Waals surface area contributed by atoms with E-state index < -0.39 is 0 Å². The van der Waals surface area contributed by atoms with Crippen LogP contribution in [-0.4, -0.2) is 32.1 Å². The Balaban J connectivity index is 0.00000324. The molecule has 0 saturated carbocycles. The molecule has 2 N–H and O–H groups in total. The van der Waals surface area contributed by atoms with Crippen molar-refractivity contribution in [3.05, 3.63) is 29.3 Å². The van der Waals surface area contributed by atoms with E-state index in [1.165, 1.54) is 5.56 Å². The van der Waals surface area contributed by atoms with Crippen LogP contribution in [0.25, 0.3) is 0 Å². The Hall–Kier alpha value is -1.26. The van der Waals surface area contributed by atoms with Crippen LogP contribution in [0.1, 0.15) is 18.1 Å². The van der Waals surface area contributed by atoms with Crippen molar-refractivity contribution in [2.45, 2.75) is 26.8 Å². The lowest BCUT2D eigenvalue weighted by Crippen LogP contribution is -2.39. The van der Waals surface area contributed by atoms with Crippen molar-refractivity contribution in [3.8, 4) is 5.75 Å². The van der Waals surface area contributed by atoms with Gasteiger partial charge in [-0.25, -0.2) is 0 Å². The van der Waals surface area contributed by atoms with E-state index in [4.69, 9.17) is 4.74 Å². The first-order chi connectivity index (χ1) is 8.52. The van der Waals surface area contributed by atoms with E-state index in [1.54, 1.807) is 0 Å². The average molecular weight is 287 g/mol. The topological polar surface area (TPSA) is 50.4 Å². The first kappa shape index (κ1) is 17.7. The van der Waals surface area contributed by atoms with Crippen molar-refractivity contribution in [2.75, 3.05) is 20.2 Å². The molecule has 1 unspecified atom stereocenters. The van der Waals surface area contributed by atoms with Crippen molar-refractivity contribution in [1.82, 2.24) is 10.6 Å². The molecule has 0 aliphatic carbocycles. The van der Waals surface area contributed by atoms with Crippen LogP contribution in [0.4, 0.5) is 0 Å². The van der Waals surface area contributed by atoms with Crippen molar-refractivity contribution in [3.63, 3.8) is 0 Å². The fourth-order valence-corrected chi connectivity index (χ4v) is 1.37. The van der Waals surface area contributed by atoms with Gasteiger partial charge in [0, 0.05) is 12.6 Å². The Kier molecular flexibility index (Phi) is 8.19. The highest BCUT2D eigenvalue weighted by Crippen LogP contribution is 2.16. The van der Waals surface area contributed by atoms with Crippen LogP contribution in [-0.2, 0) is 4.79 Å². The van der Waals surface area contributed by atoms with Gasteiger partial charge in [-0.1, -0.05) is 6.07 Å². The molecule has 1 atom stereocenters. The molecule has 5 heteroatoms. The molecule has 0 saturated heterocycles. The largest absolute Gasteiger partial charge is 0.484 e. The number of halogens is 1. The molecule has 108 valence electrons. The van der Waals surface area contributed by atoms with Crippen molar-refractivity contribution < 1.29 is 9.53 Å². The van der Waals surface area contributed by atoms with E-state index >= 15 is 0 Å². The molecule has 0 aliphatic heterocycles. The predicted octanol–water partition coefficient (Wildman–Crippen LogP) is 1.83. The average Bonchev–Trinajstić information content (AvgIpc) is 2.37. The van der Waals surface area contributed by atoms with Gasteiger partial charge in [0.15, 0.2) is 6.61 Å². The van der Waals surface area contributed by atoms with Gasteiger partial charge in [0.05, 0.1) is 0 Å². The summed E-state index contributed by atoms with van der Waals surface area (Å²) in [5.74, 6) is 0.630. The van der Waals surface area contributed by atoms with Crippen LogP contribution in [0.3, 0.4) is 0 Å². The number of ether oxygens (including phenoxy) is 1. The summed E-state index contributed by atoms with van der Waals surface area (Å²) in [5, 5.41) is 5.86. The summed E-state index contributed by atoms with van der Waals surface area (Å²) in [6, 6.07) is 6.08. The minimum Gasteiger partial charge on any atom is -0.484 e. The van der Waals surface area contributed by atoms with Gasteiger partial charge in [0.25, 0.3) is 5.91 Å². The number of hydrogen-bond donors (Lipinski definition) is 2. The van der Waals surface area contributed by atoms with E-state index in [0.717, 1.165) is 11.3 Å². The van der Waals surface area contributed by atoms with Crippen LogP contribution >= 0.6 is 12.4 Å². The SMILES string of the molecule is CNC(C)CNC(=O)COc1ccc(C)c(C)c1.Cl. The monoisotopic (exact) mass is 286 g/mol. The van der Waals surface area contributed by atoms with Crippen LogP contribution in [0, 0.1) is 13.8 Å². The van der Waals surface area contributed by atoms with Gasteiger partial charge in [-0.05, 0) is 51.1 Å². The molecule has 4 nitrogen and oxygen atoms in total. The molecule has 0 fully saturated rings. The van der Waals surface area contributed by atoms with Crippen molar-refractivity contribution >= 4 is 18.3 Å². The minimum atomic E-state index is -0.102. The van der Waals surface area contributed by atoms with Gasteiger partial charge in [0.1, 0.15) is 5.75 Å². The molecular formula is C14H23ClN2O2. The lowest BCUT2D eigenvalue weighted by Gasteiger charge is -2.12. The maximum absolute atomic E-state index is 11.5. The van der Waals surface area contributed by atoms with Gasteiger partial charge in [0.2, 0.25) is 0 Å². The van der Waals surface area contributed by atoms with E-state index in [2.05, 4.69) is 10.6 Å². The summed E-state index contributed by atoms with van der Waals surface area (Å²) >= 11 is 0. The van der Waals surface area contributed by atoms with Crippen LogP contribution in [0.5, 0.6) is 5.75 Å². The molecule has 0 aromatic heterocycles. The summed E-state index contributed by atoms with van der Waals surface area (Å²) < 4.78 is 5.44. The highest BCUT2D eigenvalue weighted by Gasteiger charge is 2.05. The second-order valence-corrected chi connectivity index (χ2v) is 4.53. The zero-order chi connectivity index (χ0) is 13.5. The first-order valence-corrected chi connectivity index (χ1v) is 6.17. The zero-order valence-electron chi connectivity index (χ0n) is 11.9. The third-order valence-corrected chi connectivity index (χ3v) is 2.95. The molecule has 1 rings (SSSR count). The summed E-state index contributed by atoms with van der Waals surface area (Å²) in [6.45, 7) is 6.73. The van der Waals surface area contributed by atoms with Gasteiger partial charge in [-0.15, -0.1) is 12.4 Å². The van der Waals surface area contributed by atoms with E-state index in [0.29, 0.717) is 6.54 Å². The molecular weight excluding hydrogens is 264 g/mol. The number of rotatable bonds is 6. The number of aryl methyl sites for hydroxylation is 2.